The summed E-state index contributed by atoms with van der Waals surface area (Å²) in [7, 11) is 0. The Labute approximate surface area is 591 Å². The van der Waals surface area contributed by atoms with E-state index in [0.717, 1.165) is 70.6 Å². The van der Waals surface area contributed by atoms with E-state index in [1.165, 1.54) is 186 Å². The molecule has 3 saturated heterocycles. The molecule has 98 heavy (non-hydrogen) atoms. The lowest BCUT2D eigenvalue weighted by atomic mass is 9.96. The predicted molar refractivity (Wildman–Crippen MR) is 388 cm³/mol. The number of nitrogens with one attached hydrogen (secondary N) is 1. The molecule has 0 spiro atoms. The van der Waals surface area contributed by atoms with Gasteiger partial charge >= 0.3 is 0 Å². The molecule has 0 saturated carbocycles. The standard InChI is InChI=1S/C79H141NO18/c1-3-5-7-9-11-13-15-17-19-21-23-25-27-29-30-31-33-34-36-38-40-42-44-46-48-50-52-54-56-63(84)62(80-67(85)57-55-53-51-49-47-45-43-41-39-37-35-32-28-26-24-22-20-18-16-14-12-10-8-6-4-2)61-93-77-73(91)70(88)75(65(59-82)95-77)98-79-74(92)71(89)76(66(60-83)96-79)97-78-72(90)69(87)68(86)64(58-81)94-78/h16,18,22,24,28,32,38,40,46,48,54,56,62-66,68-79,81-84,86-92H,3-15,17,19-21,23,25-27,29-31,33-37,39,41-45,47,49-53,55,57-61H2,1-2H3,(H,80,85)/b18-16-,24-22-,32-28-,40-38+,48-46+,56-54+. The summed E-state index contributed by atoms with van der Waals surface area (Å²) in [5.41, 5.74) is 0. The van der Waals surface area contributed by atoms with Gasteiger partial charge in [-0.25, -0.2) is 0 Å². The molecule has 570 valence electrons. The first-order valence-corrected chi connectivity index (χ1v) is 39.2. The third kappa shape index (κ3) is 39.8. The molecular formula is C79H141NO18. The minimum Gasteiger partial charge on any atom is -0.394 e. The third-order valence-corrected chi connectivity index (χ3v) is 19.2. The van der Waals surface area contributed by atoms with Crippen LogP contribution < -0.4 is 5.32 Å². The second kappa shape index (κ2) is 59.6. The fraction of sp³-hybridized carbons (Fsp3) is 0.835. The smallest absolute Gasteiger partial charge is 0.220 e. The van der Waals surface area contributed by atoms with Gasteiger partial charge in [-0.2, -0.15) is 0 Å². The van der Waals surface area contributed by atoms with Crippen LogP contribution in [0.15, 0.2) is 72.9 Å². The van der Waals surface area contributed by atoms with Crippen LogP contribution in [-0.4, -0.2) is 193 Å². The summed E-state index contributed by atoms with van der Waals surface area (Å²) in [6.07, 6.45) is 50.3. The summed E-state index contributed by atoms with van der Waals surface area (Å²) in [5, 5.41) is 121. The number of unbranched alkanes of at least 4 members (excludes halogenated alkanes) is 35. The summed E-state index contributed by atoms with van der Waals surface area (Å²) in [6, 6.07) is -1.00. The maximum absolute atomic E-state index is 13.5. The Morgan fingerprint density at radius 2 is 0.684 bits per heavy atom. The third-order valence-electron chi connectivity index (χ3n) is 19.2. The van der Waals surface area contributed by atoms with Gasteiger partial charge < -0.3 is 89.9 Å². The highest BCUT2D eigenvalue weighted by molar-refractivity contribution is 5.76. The van der Waals surface area contributed by atoms with E-state index < -0.39 is 124 Å². The van der Waals surface area contributed by atoms with Crippen LogP contribution >= 0.6 is 0 Å². The number of carbonyl (C=O) groups is 1. The number of hydrogen-bond donors (Lipinski definition) is 12. The van der Waals surface area contributed by atoms with E-state index in [0.29, 0.717) is 12.8 Å². The van der Waals surface area contributed by atoms with Crippen LogP contribution in [0, 0.1) is 0 Å². The van der Waals surface area contributed by atoms with Crippen LogP contribution in [0.5, 0.6) is 0 Å². The van der Waals surface area contributed by atoms with Crippen molar-refractivity contribution in [1.29, 1.82) is 0 Å². The molecule has 3 rings (SSSR count). The number of ether oxygens (including phenoxy) is 6. The van der Waals surface area contributed by atoms with Crippen LogP contribution in [0.25, 0.3) is 0 Å². The Morgan fingerprint density at radius 1 is 0.367 bits per heavy atom. The molecule has 3 aliphatic rings. The van der Waals surface area contributed by atoms with Crippen molar-refractivity contribution in [2.75, 3.05) is 26.4 Å². The second-order valence-corrected chi connectivity index (χ2v) is 27.8. The summed E-state index contributed by atoms with van der Waals surface area (Å²) < 4.78 is 34.4. The van der Waals surface area contributed by atoms with Crippen molar-refractivity contribution in [3.63, 3.8) is 0 Å². The highest BCUT2D eigenvalue weighted by Gasteiger charge is 2.53. The van der Waals surface area contributed by atoms with Gasteiger partial charge in [0.1, 0.15) is 73.2 Å². The van der Waals surface area contributed by atoms with E-state index in [2.05, 4.69) is 79.9 Å². The Hall–Kier alpha value is -2.77. The van der Waals surface area contributed by atoms with Gasteiger partial charge in [0.15, 0.2) is 18.9 Å². The Morgan fingerprint density at radius 3 is 1.09 bits per heavy atom. The van der Waals surface area contributed by atoms with Gasteiger partial charge in [0.25, 0.3) is 0 Å². The number of amides is 1. The molecule has 3 fully saturated rings. The van der Waals surface area contributed by atoms with Gasteiger partial charge in [0.05, 0.1) is 38.6 Å². The van der Waals surface area contributed by atoms with Crippen LogP contribution in [0.1, 0.15) is 290 Å². The van der Waals surface area contributed by atoms with Crippen molar-refractivity contribution in [3.8, 4) is 0 Å². The first-order chi connectivity index (χ1) is 47.8. The SMILES string of the molecule is CCCCCCC/C=C\C/C=C\C/C=C\CCCCCCCCCCCCC(=O)NC(COC1OC(CO)C(OC2OC(CO)C(OC3OC(CO)C(O)C(O)C3O)C(O)C2O)C(O)C1O)C(O)/C=C/CC/C=C/CC/C=C/CCCCCCCCCCCCCCCCCCCC. The molecule has 19 heteroatoms. The van der Waals surface area contributed by atoms with E-state index >= 15 is 0 Å². The molecule has 19 nitrogen and oxygen atoms in total. The van der Waals surface area contributed by atoms with E-state index in [4.69, 9.17) is 28.4 Å². The van der Waals surface area contributed by atoms with Crippen molar-refractivity contribution in [2.24, 2.45) is 0 Å². The summed E-state index contributed by atoms with van der Waals surface area (Å²) >= 11 is 0. The van der Waals surface area contributed by atoms with E-state index in [9.17, 15) is 61.0 Å². The summed E-state index contributed by atoms with van der Waals surface area (Å²) in [5.74, 6) is -0.293. The number of rotatable bonds is 61. The monoisotopic (exact) mass is 1390 g/mol. The van der Waals surface area contributed by atoms with E-state index in [1.807, 2.05) is 6.08 Å². The lowest BCUT2D eigenvalue weighted by Crippen LogP contribution is -2.66. The van der Waals surface area contributed by atoms with Crippen molar-refractivity contribution in [3.05, 3.63) is 72.9 Å². The number of hydrogen-bond acceptors (Lipinski definition) is 18. The fourth-order valence-corrected chi connectivity index (χ4v) is 12.9. The molecule has 0 aromatic rings. The molecule has 0 bridgehead atoms. The number of aliphatic hydroxyl groups excluding tert-OH is 11. The molecule has 3 aliphatic heterocycles. The maximum Gasteiger partial charge on any atom is 0.220 e. The average Bonchev–Trinajstić information content (AvgIpc) is 0.784. The first kappa shape index (κ1) is 89.4. The minimum atomic E-state index is -1.99. The molecule has 0 aromatic heterocycles. The zero-order chi connectivity index (χ0) is 71.1. The number of carbonyl (C=O) groups excluding carboxylic acids is 1. The maximum atomic E-state index is 13.5. The van der Waals surface area contributed by atoms with Crippen molar-refractivity contribution >= 4 is 5.91 Å². The Bertz CT molecular complexity index is 2050. The molecule has 0 aliphatic carbocycles. The molecule has 17 atom stereocenters. The molecule has 17 unspecified atom stereocenters. The van der Waals surface area contributed by atoms with Crippen molar-refractivity contribution in [1.82, 2.24) is 5.32 Å². The fourth-order valence-electron chi connectivity index (χ4n) is 12.9. The van der Waals surface area contributed by atoms with Gasteiger partial charge in [-0.15, -0.1) is 0 Å². The Kier molecular flexibility index (Phi) is 54.4. The highest BCUT2D eigenvalue weighted by Crippen LogP contribution is 2.33. The molecule has 0 aromatic carbocycles. The van der Waals surface area contributed by atoms with E-state index in [1.54, 1.807) is 6.08 Å². The second-order valence-electron chi connectivity index (χ2n) is 27.8. The number of aliphatic hydroxyl groups is 11. The van der Waals surface area contributed by atoms with E-state index in [-0.39, 0.29) is 18.9 Å². The van der Waals surface area contributed by atoms with Gasteiger partial charge in [-0.3, -0.25) is 4.79 Å². The van der Waals surface area contributed by atoms with Crippen LogP contribution in [0.4, 0.5) is 0 Å². The van der Waals surface area contributed by atoms with Gasteiger partial charge in [0.2, 0.25) is 5.91 Å². The normalized spacial score (nSPS) is 27.1. The summed E-state index contributed by atoms with van der Waals surface area (Å²) in [6.45, 7) is 1.72. The lowest BCUT2D eigenvalue weighted by molar-refractivity contribution is -0.379. The molecule has 0 radical (unpaired) electrons. The van der Waals surface area contributed by atoms with Crippen molar-refractivity contribution < 1.29 is 89.4 Å². The zero-order valence-corrected chi connectivity index (χ0v) is 60.8. The zero-order valence-electron chi connectivity index (χ0n) is 60.8. The molecule has 12 N–H and O–H groups in total. The molecular weight excluding hydrogens is 1250 g/mol. The van der Waals surface area contributed by atoms with Gasteiger partial charge in [-0.1, -0.05) is 273 Å². The molecule has 3 heterocycles. The average molecular weight is 1390 g/mol. The van der Waals surface area contributed by atoms with Crippen LogP contribution in [0.3, 0.4) is 0 Å². The van der Waals surface area contributed by atoms with Crippen LogP contribution in [-0.2, 0) is 33.2 Å². The topological polar surface area (TPSA) is 307 Å². The highest BCUT2D eigenvalue weighted by atomic mass is 16.8. The number of allylic oxidation sites excluding steroid dienone is 11. The Balaban J connectivity index is 1.42. The minimum absolute atomic E-state index is 0.225. The summed E-state index contributed by atoms with van der Waals surface area (Å²) in [4.78, 5) is 13.5. The largest absolute Gasteiger partial charge is 0.394 e. The first-order valence-electron chi connectivity index (χ1n) is 39.2. The van der Waals surface area contributed by atoms with Gasteiger partial charge in [0, 0.05) is 6.42 Å². The quantitative estimate of drug-likeness (QED) is 0.0199. The lowest BCUT2D eigenvalue weighted by Gasteiger charge is -2.48. The predicted octanol–water partition coefficient (Wildman–Crippen LogP) is 12.4. The van der Waals surface area contributed by atoms with Crippen LogP contribution in [0.2, 0.25) is 0 Å². The van der Waals surface area contributed by atoms with Gasteiger partial charge in [-0.05, 0) is 83.5 Å². The molecule has 1 amide bonds. The van der Waals surface area contributed by atoms with Crippen molar-refractivity contribution in [2.45, 2.75) is 394 Å².